The van der Waals surface area contributed by atoms with E-state index in [1.807, 2.05) is 27.1 Å². The summed E-state index contributed by atoms with van der Waals surface area (Å²) in [6, 6.07) is 10.1. The Morgan fingerprint density at radius 1 is 1.00 bits per heavy atom. The third kappa shape index (κ3) is 2.03. The van der Waals surface area contributed by atoms with Gasteiger partial charge in [0.1, 0.15) is 5.82 Å². The van der Waals surface area contributed by atoms with Gasteiger partial charge >= 0.3 is 0 Å². The normalized spacial score (nSPS) is 10.9. The van der Waals surface area contributed by atoms with E-state index in [-0.39, 0.29) is 0 Å². The van der Waals surface area contributed by atoms with Gasteiger partial charge in [-0.1, -0.05) is 0 Å². The third-order valence-corrected chi connectivity index (χ3v) is 3.01. The molecule has 0 fully saturated rings. The Kier molecular flexibility index (Phi) is 2.67. The van der Waals surface area contributed by atoms with E-state index < -0.39 is 0 Å². The summed E-state index contributed by atoms with van der Waals surface area (Å²) >= 11 is 0. The zero-order valence-electron chi connectivity index (χ0n) is 11.2. The summed E-state index contributed by atoms with van der Waals surface area (Å²) in [5.41, 5.74) is 3.01. The topological polar surface area (TPSA) is 46.3 Å². The van der Waals surface area contributed by atoms with Crippen molar-refractivity contribution in [2.75, 3.05) is 19.0 Å². The summed E-state index contributed by atoms with van der Waals surface area (Å²) in [6.07, 6.45) is 1.74. The molecule has 0 aliphatic rings. The van der Waals surface area contributed by atoms with E-state index in [2.05, 4.69) is 44.2 Å². The maximum Gasteiger partial charge on any atom is 0.165 e. The van der Waals surface area contributed by atoms with E-state index in [0.717, 1.165) is 28.5 Å². The molecule has 5 heteroatoms. The number of hydrogen-bond donors (Lipinski definition) is 0. The summed E-state index contributed by atoms with van der Waals surface area (Å²) < 4.78 is 1.76. The predicted octanol–water partition coefficient (Wildman–Crippen LogP) is 2.17. The average molecular weight is 253 g/mol. The molecule has 0 amide bonds. The maximum absolute atomic E-state index is 4.49. The second kappa shape index (κ2) is 4.35. The van der Waals surface area contributed by atoms with Crippen molar-refractivity contribution in [2.45, 2.75) is 6.92 Å². The molecule has 0 saturated carbocycles. The average Bonchev–Trinajstić information content (AvgIpc) is 2.85. The standard InChI is InChI=1S/C14H15N5/c1-10-16-13-8-9-15-19(13)14(17-10)11-4-6-12(7-5-11)18(2)3/h4-9H,1-3H3. The number of hydrogen-bond acceptors (Lipinski definition) is 4. The van der Waals surface area contributed by atoms with Crippen LogP contribution < -0.4 is 4.90 Å². The van der Waals surface area contributed by atoms with Gasteiger partial charge in [0.15, 0.2) is 11.5 Å². The summed E-state index contributed by atoms with van der Waals surface area (Å²) in [5, 5.41) is 4.27. The molecule has 0 bridgehead atoms. The third-order valence-electron chi connectivity index (χ3n) is 3.01. The first kappa shape index (κ1) is 11.6. The Morgan fingerprint density at radius 3 is 2.42 bits per heavy atom. The molecule has 19 heavy (non-hydrogen) atoms. The molecule has 1 aromatic carbocycles. The van der Waals surface area contributed by atoms with Gasteiger partial charge in [-0.05, 0) is 31.2 Å². The minimum atomic E-state index is 0.750. The molecule has 0 aliphatic carbocycles. The molecule has 0 N–H and O–H groups in total. The molecule has 0 unspecified atom stereocenters. The lowest BCUT2D eigenvalue weighted by molar-refractivity contribution is 0.881. The number of rotatable bonds is 2. The van der Waals surface area contributed by atoms with Crippen LogP contribution in [0, 0.1) is 6.92 Å². The van der Waals surface area contributed by atoms with Gasteiger partial charge in [-0.25, -0.2) is 9.97 Å². The fourth-order valence-corrected chi connectivity index (χ4v) is 2.03. The van der Waals surface area contributed by atoms with E-state index in [9.17, 15) is 0 Å². The largest absolute Gasteiger partial charge is 0.378 e. The van der Waals surface area contributed by atoms with Gasteiger partial charge < -0.3 is 4.90 Å². The summed E-state index contributed by atoms with van der Waals surface area (Å²) in [6.45, 7) is 1.89. The molecule has 0 aliphatic heterocycles. The SMILES string of the molecule is Cc1nc(-c2ccc(N(C)C)cc2)n2nccc2n1. The molecule has 2 heterocycles. The quantitative estimate of drug-likeness (QED) is 0.702. The molecule has 0 radical (unpaired) electrons. The highest BCUT2D eigenvalue weighted by molar-refractivity contribution is 5.62. The zero-order chi connectivity index (χ0) is 13.4. The molecule has 2 aromatic heterocycles. The van der Waals surface area contributed by atoms with Crippen LogP contribution in [0.15, 0.2) is 36.5 Å². The van der Waals surface area contributed by atoms with Gasteiger partial charge in [0, 0.05) is 31.4 Å². The Balaban J connectivity index is 2.15. The minimum absolute atomic E-state index is 0.750. The van der Waals surface area contributed by atoms with Crippen molar-refractivity contribution in [2.24, 2.45) is 0 Å². The molecule has 0 atom stereocenters. The molecule has 96 valence electrons. The van der Waals surface area contributed by atoms with Crippen molar-refractivity contribution in [3.05, 3.63) is 42.4 Å². The van der Waals surface area contributed by atoms with Gasteiger partial charge in [-0.2, -0.15) is 9.61 Å². The predicted molar refractivity (Wildman–Crippen MR) is 75.3 cm³/mol. The number of aryl methyl sites for hydroxylation is 1. The van der Waals surface area contributed by atoms with Gasteiger partial charge in [-0.15, -0.1) is 0 Å². The van der Waals surface area contributed by atoms with Crippen molar-refractivity contribution in [1.29, 1.82) is 0 Å². The van der Waals surface area contributed by atoms with Crippen LogP contribution in [-0.4, -0.2) is 33.7 Å². The van der Waals surface area contributed by atoms with Crippen LogP contribution in [0.1, 0.15) is 5.82 Å². The van der Waals surface area contributed by atoms with E-state index in [0.29, 0.717) is 0 Å². The molecule has 3 aromatic rings. The molecular weight excluding hydrogens is 238 g/mol. The van der Waals surface area contributed by atoms with Crippen molar-refractivity contribution in [3.63, 3.8) is 0 Å². The van der Waals surface area contributed by atoms with Crippen LogP contribution in [-0.2, 0) is 0 Å². The molecular formula is C14H15N5. The Hall–Kier alpha value is -2.43. The van der Waals surface area contributed by atoms with Crippen LogP contribution in [0.2, 0.25) is 0 Å². The molecule has 3 rings (SSSR count). The van der Waals surface area contributed by atoms with Crippen LogP contribution in [0.25, 0.3) is 17.0 Å². The van der Waals surface area contributed by atoms with Gasteiger partial charge in [0.05, 0.1) is 6.20 Å². The van der Waals surface area contributed by atoms with E-state index in [4.69, 9.17) is 0 Å². The van der Waals surface area contributed by atoms with Crippen LogP contribution >= 0.6 is 0 Å². The zero-order valence-corrected chi connectivity index (χ0v) is 11.2. The number of benzene rings is 1. The highest BCUT2D eigenvalue weighted by atomic mass is 15.3. The fourth-order valence-electron chi connectivity index (χ4n) is 2.03. The number of aromatic nitrogens is 4. The highest BCUT2D eigenvalue weighted by Crippen LogP contribution is 2.21. The van der Waals surface area contributed by atoms with E-state index >= 15 is 0 Å². The molecule has 0 spiro atoms. The van der Waals surface area contributed by atoms with Crippen molar-refractivity contribution in [3.8, 4) is 11.4 Å². The van der Waals surface area contributed by atoms with Gasteiger partial charge in [0.25, 0.3) is 0 Å². The smallest absolute Gasteiger partial charge is 0.165 e. The van der Waals surface area contributed by atoms with Crippen molar-refractivity contribution < 1.29 is 0 Å². The minimum Gasteiger partial charge on any atom is -0.378 e. The Morgan fingerprint density at radius 2 is 1.74 bits per heavy atom. The Bertz CT molecular complexity index is 712. The number of anilines is 1. The highest BCUT2D eigenvalue weighted by Gasteiger charge is 2.08. The van der Waals surface area contributed by atoms with Gasteiger partial charge in [-0.3, -0.25) is 0 Å². The summed E-state index contributed by atoms with van der Waals surface area (Å²) in [5.74, 6) is 1.57. The summed E-state index contributed by atoms with van der Waals surface area (Å²) in [4.78, 5) is 10.9. The van der Waals surface area contributed by atoms with Crippen molar-refractivity contribution >= 4 is 11.3 Å². The number of nitrogens with zero attached hydrogens (tertiary/aromatic N) is 5. The maximum atomic E-state index is 4.49. The second-order valence-corrected chi connectivity index (χ2v) is 4.64. The Labute approximate surface area is 111 Å². The first-order chi connectivity index (χ1) is 9.15. The van der Waals surface area contributed by atoms with Crippen LogP contribution in [0.3, 0.4) is 0 Å². The monoisotopic (exact) mass is 253 g/mol. The van der Waals surface area contributed by atoms with Crippen LogP contribution in [0.5, 0.6) is 0 Å². The number of fused-ring (bicyclic) bond motifs is 1. The lowest BCUT2D eigenvalue weighted by atomic mass is 10.2. The van der Waals surface area contributed by atoms with Crippen LogP contribution in [0.4, 0.5) is 5.69 Å². The second-order valence-electron chi connectivity index (χ2n) is 4.64. The van der Waals surface area contributed by atoms with E-state index in [1.54, 1.807) is 10.7 Å². The first-order valence-electron chi connectivity index (χ1n) is 6.11. The van der Waals surface area contributed by atoms with E-state index in [1.165, 1.54) is 0 Å². The van der Waals surface area contributed by atoms with Crippen molar-refractivity contribution in [1.82, 2.24) is 19.6 Å². The lowest BCUT2D eigenvalue weighted by Gasteiger charge is -2.12. The first-order valence-corrected chi connectivity index (χ1v) is 6.11. The molecule has 5 nitrogen and oxygen atoms in total. The van der Waals surface area contributed by atoms with Gasteiger partial charge in [0.2, 0.25) is 0 Å². The summed E-state index contributed by atoms with van der Waals surface area (Å²) in [7, 11) is 4.05. The molecule has 0 saturated heterocycles. The fraction of sp³-hybridized carbons (Fsp3) is 0.214. The lowest BCUT2D eigenvalue weighted by Crippen LogP contribution is -2.08.